The number of benzene rings is 1. The SMILES string of the molecule is CNc1cccc(Nc2ccc(F)cc2Cl)n1. The molecule has 5 heteroatoms. The van der Waals surface area contributed by atoms with E-state index in [0.29, 0.717) is 16.5 Å². The number of hydrogen-bond donors (Lipinski definition) is 2. The van der Waals surface area contributed by atoms with Crippen molar-refractivity contribution in [1.29, 1.82) is 0 Å². The molecule has 17 heavy (non-hydrogen) atoms. The Morgan fingerprint density at radius 2 is 1.94 bits per heavy atom. The van der Waals surface area contributed by atoms with E-state index in [1.165, 1.54) is 12.1 Å². The number of nitrogens with zero attached hydrogens (tertiary/aromatic N) is 1. The van der Waals surface area contributed by atoms with Gasteiger partial charge in [0.25, 0.3) is 0 Å². The van der Waals surface area contributed by atoms with Gasteiger partial charge >= 0.3 is 0 Å². The fraction of sp³-hybridized carbons (Fsp3) is 0.0833. The summed E-state index contributed by atoms with van der Waals surface area (Å²) in [5.74, 6) is 1.02. The van der Waals surface area contributed by atoms with E-state index < -0.39 is 0 Å². The fourth-order valence-corrected chi connectivity index (χ4v) is 1.59. The van der Waals surface area contributed by atoms with E-state index >= 15 is 0 Å². The average molecular weight is 252 g/mol. The van der Waals surface area contributed by atoms with Gasteiger partial charge in [0.2, 0.25) is 0 Å². The van der Waals surface area contributed by atoms with Gasteiger partial charge in [0.05, 0.1) is 10.7 Å². The molecule has 2 aromatic rings. The molecule has 0 amide bonds. The number of nitrogens with one attached hydrogen (secondary N) is 2. The summed E-state index contributed by atoms with van der Waals surface area (Å²) in [5, 5.41) is 6.28. The summed E-state index contributed by atoms with van der Waals surface area (Å²) in [5.41, 5.74) is 0.619. The smallest absolute Gasteiger partial charge is 0.132 e. The molecule has 0 saturated heterocycles. The third-order valence-corrected chi connectivity index (χ3v) is 2.51. The Hall–Kier alpha value is -1.81. The van der Waals surface area contributed by atoms with Crippen LogP contribution in [0.4, 0.5) is 21.7 Å². The molecule has 0 radical (unpaired) electrons. The Balaban J connectivity index is 2.25. The van der Waals surface area contributed by atoms with E-state index in [2.05, 4.69) is 15.6 Å². The molecule has 0 atom stereocenters. The minimum absolute atomic E-state index is 0.321. The normalized spacial score (nSPS) is 10.1. The lowest BCUT2D eigenvalue weighted by Crippen LogP contribution is -1.97. The average Bonchev–Trinajstić information content (AvgIpc) is 2.33. The van der Waals surface area contributed by atoms with Crippen molar-refractivity contribution >= 4 is 28.9 Å². The molecule has 2 N–H and O–H groups in total. The Morgan fingerprint density at radius 1 is 1.18 bits per heavy atom. The maximum atomic E-state index is 12.9. The van der Waals surface area contributed by atoms with Crippen LogP contribution in [0.15, 0.2) is 36.4 Å². The Kier molecular flexibility index (Phi) is 3.44. The van der Waals surface area contributed by atoms with Crippen molar-refractivity contribution in [2.45, 2.75) is 0 Å². The molecule has 0 saturated carbocycles. The molecule has 1 heterocycles. The summed E-state index contributed by atoms with van der Waals surface area (Å²) in [7, 11) is 1.79. The van der Waals surface area contributed by atoms with Crippen LogP contribution in [0.2, 0.25) is 5.02 Å². The topological polar surface area (TPSA) is 37.0 Å². The zero-order valence-corrected chi connectivity index (χ0v) is 9.92. The van der Waals surface area contributed by atoms with Crippen LogP contribution in [0.25, 0.3) is 0 Å². The maximum Gasteiger partial charge on any atom is 0.132 e. The molecule has 0 spiro atoms. The minimum Gasteiger partial charge on any atom is -0.373 e. The van der Waals surface area contributed by atoms with Gasteiger partial charge in [-0.2, -0.15) is 0 Å². The monoisotopic (exact) mass is 251 g/mol. The van der Waals surface area contributed by atoms with Gasteiger partial charge in [-0.05, 0) is 30.3 Å². The van der Waals surface area contributed by atoms with E-state index in [-0.39, 0.29) is 5.82 Å². The summed E-state index contributed by atoms with van der Waals surface area (Å²) >= 11 is 5.91. The number of hydrogen-bond acceptors (Lipinski definition) is 3. The molecule has 0 bridgehead atoms. The summed E-state index contributed by atoms with van der Waals surface area (Å²) in [6.07, 6.45) is 0. The van der Waals surface area contributed by atoms with Gasteiger partial charge in [-0.3, -0.25) is 0 Å². The van der Waals surface area contributed by atoms with Gasteiger partial charge in [-0.1, -0.05) is 17.7 Å². The first-order chi connectivity index (χ1) is 8.19. The summed E-state index contributed by atoms with van der Waals surface area (Å²) in [6.45, 7) is 0. The molecule has 0 aliphatic carbocycles. The van der Waals surface area contributed by atoms with E-state index in [4.69, 9.17) is 11.6 Å². The summed E-state index contributed by atoms with van der Waals surface area (Å²) in [6, 6.07) is 9.68. The second kappa shape index (κ2) is 5.01. The van der Waals surface area contributed by atoms with Crippen molar-refractivity contribution in [3.05, 3.63) is 47.2 Å². The largest absolute Gasteiger partial charge is 0.373 e. The second-order valence-electron chi connectivity index (χ2n) is 3.41. The van der Waals surface area contributed by atoms with Gasteiger partial charge in [-0.15, -0.1) is 0 Å². The van der Waals surface area contributed by atoms with Crippen LogP contribution in [0.5, 0.6) is 0 Å². The number of rotatable bonds is 3. The number of pyridine rings is 1. The quantitative estimate of drug-likeness (QED) is 0.874. The van der Waals surface area contributed by atoms with Crippen LogP contribution >= 0.6 is 11.6 Å². The first-order valence-electron chi connectivity index (χ1n) is 5.06. The molecule has 3 nitrogen and oxygen atoms in total. The highest BCUT2D eigenvalue weighted by Crippen LogP contribution is 2.25. The lowest BCUT2D eigenvalue weighted by Gasteiger charge is -2.08. The van der Waals surface area contributed by atoms with Crippen LogP contribution in [0.1, 0.15) is 0 Å². The summed E-state index contributed by atoms with van der Waals surface area (Å²) in [4.78, 5) is 4.28. The van der Waals surface area contributed by atoms with Crippen LogP contribution in [0, 0.1) is 5.82 Å². The predicted octanol–water partition coefficient (Wildman–Crippen LogP) is 3.66. The third-order valence-electron chi connectivity index (χ3n) is 2.20. The predicted molar refractivity (Wildman–Crippen MR) is 68.5 cm³/mol. The highest BCUT2D eigenvalue weighted by Gasteiger charge is 2.03. The van der Waals surface area contributed by atoms with Crippen molar-refractivity contribution in [2.75, 3.05) is 17.7 Å². The Morgan fingerprint density at radius 3 is 2.65 bits per heavy atom. The maximum absolute atomic E-state index is 12.9. The van der Waals surface area contributed by atoms with E-state index in [0.717, 1.165) is 5.82 Å². The molecule has 0 aliphatic heterocycles. The van der Waals surface area contributed by atoms with E-state index in [1.54, 1.807) is 19.2 Å². The van der Waals surface area contributed by atoms with Gasteiger partial charge in [-0.25, -0.2) is 9.37 Å². The number of aromatic nitrogens is 1. The molecule has 88 valence electrons. The first-order valence-corrected chi connectivity index (χ1v) is 5.44. The molecular formula is C12H11ClFN3. The van der Waals surface area contributed by atoms with E-state index in [1.807, 2.05) is 12.1 Å². The standard InChI is InChI=1S/C12H11ClFN3/c1-15-11-3-2-4-12(17-11)16-10-6-5-8(14)7-9(10)13/h2-7H,1H3,(H2,15,16,17). The molecule has 1 aromatic carbocycles. The number of anilines is 3. The highest BCUT2D eigenvalue weighted by molar-refractivity contribution is 6.33. The highest BCUT2D eigenvalue weighted by atomic mass is 35.5. The third kappa shape index (κ3) is 2.85. The molecule has 0 aliphatic rings. The summed E-state index contributed by atoms with van der Waals surface area (Å²) < 4.78 is 12.9. The zero-order chi connectivity index (χ0) is 12.3. The molecule has 0 unspecified atom stereocenters. The zero-order valence-electron chi connectivity index (χ0n) is 9.17. The van der Waals surface area contributed by atoms with Crippen molar-refractivity contribution in [3.63, 3.8) is 0 Å². The van der Waals surface area contributed by atoms with Gasteiger partial charge in [0, 0.05) is 7.05 Å². The van der Waals surface area contributed by atoms with Crippen LogP contribution in [-0.4, -0.2) is 12.0 Å². The fourth-order valence-electron chi connectivity index (χ4n) is 1.37. The first kappa shape index (κ1) is 11.7. The molecule has 2 rings (SSSR count). The minimum atomic E-state index is -0.363. The lowest BCUT2D eigenvalue weighted by molar-refractivity contribution is 0.628. The van der Waals surface area contributed by atoms with Gasteiger partial charge in [0.15, 0.2) is 0 Å². The van der Waals surface area contributed by atoms with Gasteiger partial charge in [0.1, 0.15) is 17.5 Å². The van der Waals surface area contributed by atoms with Crippen LogP contribution < -0.4 is 10.6 Å². The molecule has 0 fully saturated rings. The van der Waals surface area contributed by atoms with Crippen molar-refractivity contribution in [3.8, 4) is 0 Å². The molecule has 1 aromatic heterocycles. The van der Waals surface area contributed by atoms with Crippen molar-refractivity contribution in [1.82, 2.24) is 4.98 Å². The van der Waals surface area contributed by atoms with E-state index in [9.17, 15) is 4.39 Å². The van der Waals surface area contributed by atoms with Crippen LogP contribution in [0.3, 0.4) is 0 Å². The second-order valence-corrected chi connectivity index (χ2v) is 3.81. The van der Waals surface area contributed by atoms with Crippen molar-refractivity contribution in [2.24, 2.45) is 0 Å². The Bertz CT molecular complexity index is 531. The lowest BCUT2D eigenvalue weighted by atomic mass is 10.3. The Labute approximate surface area is 104 Å². The molecular weight excluding hydrogens is 241 g/mol. The van der Waals surface area contributed by atoms with Crippen LogP contribution in [-0.2, 0) is 0 Å². The van der Waals surface area contributed by atoms with Crippen molar-refractivity contribution < 1.29 is 4.39 Å². The number of halogens is 2. The van der Waals surface area contributed by atoms with Gasteiger partial charge < -0.3 is 10.6 Å².